The van der Waals surface area contributed by atoms with Crippen molar-refractivity contribution in [2.45, 2.75) is 19.3 Å². The maximum Gasteiger partial charge on any atom is 0.353 e. The molecule has 31 heavy (non-hydrogen) atoms. The maximum atomic E-state index is 13.2. The third kappa shape index (κ3) is 5.19. The molecule has 0 spiro atoms. The Balaban J connectivity index is 1.41. The Morgan fingerprint density at radius 2 is 1.65 bits per heavy atom. The minimum absolute atomic E-state index is 0.0728. The average molecular weight is 430 g/mol. The Bertz CT molecular complexity index is 882. The predicted molar refractivity (Wildman–Crippen MR) is 118 cm³/mol. The second kappa shape index (κ2) is 9.86. The van der Waals surface area contributed by atoms with E-state index in [1.165, 1.54) is 37.7 Å². The quantitative estimate of drug-likeness (QED) is 0.531. The van der Waals surface area contributed by atoms with E-state index in [0.717, 1.165) is 25.3 Å². The lowest BCUT2D eigenvalue weighted by Gasteiger charge is -2.36. The van der Waals surface area contributed by atoms with Gasteiger partial charge < -0.3 is 20.0 Å². The third-order valence-electron chi connectivity index (χ3n) is 5.93. The van der Waals surface area contributed by atoms with Gasteiger partial charge >= 0.3 is 5.69 Å². The number of piperidine rings is 1. The van der Waals surface area contributed by atoms with E-state index in [9.17, 15) is 14.5 Å². The van der Waals surface area contributed by atoms with Crippen molar-refractivity contribution in [1.82, 2.24) is 14.9 Å². The number of aromatic nitrogens is 2. The van der Waals surface area contributed by atoms with Crippen LogP contribution in [0.3, 0.4) is 0 Å². The summed E-state index contributed by atoms with van der Waals surface area (Å²) < 4.78 is 13.2. The van der Waals surface area contributed by atoms with Crippen LogP contribution in [-0.4, -0.2) is 72.1 Å². The van der Waals surface area contributed by atoms with Crippen LogP contribution in [0.25, 0.3) is 0 Å². The molecule has 0 radical (unpaired) electrons. The molecule has 0 bridgehead atoms. The first-order valence-electron chi connectivity index (χ1n) is 10.8. The van der Waals surface area contributed by atoms with Gasteiger partial charge in [-0.2, -0.15) is 0 Å². The second-order valence-electron chi connectivity index (χ2n) is 7.93. The van der Waals surface area contributed by atoms with Gasteiger partial charge in [-0.05, 0) is 50.2 Å². The first kappa shape index (κ1) is 21.2. The van der Waals surface area contributed by atoms with Gasteiger partial charge in [0.05, 0.1) is 4.92 Å². The largest absolute Gasteiger partial charge is 0.368 e. The molecule has 4 rings (SSSR count). The monoisotopic (exact) mass is 429 g/mol. The summed E-state index contributed by atoms with van der Waals surface area (Å²) in [6.07, 6.45) is 5.08. The van der Waals surface area contributed by atoms with Crippen molar-refractivity contribution in [3.8, 4) is 0 Å². The number of likely N-dealkylation sites (tertiary alicyclic amines) is 1. The molecule has 2 aliphatic rings. The van der Waals surface area contributed by atoms with Crippen LogP contribution in [0.15, 0.2) is 30.6 Å². The van der Waals surface area contributed by atoms with Crippen LogP contribution in [0, 0.1) is 15.9 Å². The number of benzene rings is 1. The van der Waals surface area contributed by atoms with E-state index in [-0.39, 0.29) is 17.3 Å². The Morgan fingerprint density at radius 1 is 0.968 bits per heavy atom. The van der Waals surface area contributed by atoms with Gasteiger partial charge in [0, 0.05) is 45.0 Å². The molecule has 0 saturated carbocycles. The molecule has 166 valence electrons. The lowest BCUT2D eigenvalue weighted by atomic mass is 10.1. The standard InChI is InChI=1S/C21H28FN7O2/c22-17-4-6-18(7-5-17)27-12-14-28(15-13-27)21-19(29(30)31)20(24-16-25-21)23-8-11-26-9-2-1-3-10-26/h4-7,16H,1-3,8-15H2,(H,23,24,25). The Hall–Kier alpha value is -3.01. The van der Waals surface area contributed by atoms with Crippen LogP contribution in [0.1, 0.15) is 19.3 Å². The van der Waals surface area contributed by atoms with Crippen molar-refractivity contribution >= 4 is 23.0 Å². The predicted octanol–water partition coefficient (Wildman–Crippen LogP) is 2.75. The van der Waals surface area contributed by atoms with E-state index >= 15 is 0 Å². The summed E-state index contributed by atoms with van der Waals surface area (Å²) in [4.78, 5) is 26.3. The summed E-state index contributed by atoms with van der Waals surface area (Å²) in [5, 5.41) is 15.0. The normalized spacial score (nSPS) is 17.6. The molecule has 2 fully saturated rings. The van der Waals surface area contributed by atoms with Gasteiger partial charge in [0.1, 0.15) is 12.1 Å². The number of hydrogen-bond donors (Lipinski definition) is 1. The smallest absolute Gasteiger partial charge is 0.353 e. The number of halogens is 1. The molecule has 2 aromatic rings. The minimum Gasteiger partial charge on any atom is -0.368 e. The summed E-state index contributed by atoms with van der Waals surface area (Å²) in [5.74, 6) is 0.353. The third-order valence-corrected chi connectivity index (χ3v) is 5.93. The molecule has 3 heterocycles. The highest BCUT2D eigenvalue weighted by Crippen LogP contribution is 2.32. The van der Waals surface area contributed by atoms with Crippen molar-refractivity contribution in [3.05, 3.63) is 46.5 Å². The van der Waals surface area contributed by atoms with Crippen LogP contribution >= 0.6 is 0 Å². The zero-order valence-electron chi connectivity index (χ0n) is 17.5. The van der Waals surface area contributed by atoms with E-state index < -0.39 is 4.92 Å². The SMILES string of the molecule is O=[N+]([O-])c1c(NCCN2CCCCC2)ncnc1N1CCN(c2ccc(F)cc2)CC1. The van der Waals surface area contributed by atoms with Crippen LogP contribution in [0.5, 0.6) is 0 Å². The van der Waals surface area contributed by atoms with Gasteiger partial charge in [-0.15, -0.1) is 0 Å². The molecule has 1 N–H and O–H groups in total. The highest BCUT2D eigenvalue weighted by Gasteiger charge is 2.29. The molecule has 0 aliphatic carbocycles. The fourth-order valence-corrected chi connectivity index (χ4v) is 4.24. The van der Waals surface area contributed by atoms with E-state index in [0.29, 0.717) is 38.5 Å². The number of anilines is 3. The lowest BCUT2D eigenvalue weighted by Crippen LogP contribution is -2.47. The number of nitro groups is 1. The first-order chi connectivity index (χ1) is 15.1. The van der Waals surface area contributed by atoms with Gasteiger partial charge in [-0.3, -0.25) is 10.1 Å². The van der Waals surface area contributed by atoms with E-state index in [1.807, 2.05) is 4.90 Å². The zero-order chi connectivity index (χ0) is 21.6. The Kier molecular flexibility index (Phi) is 6.76. The Labute approximate surface area is 181 Å². The molecule has 0 amide bonds. The summed E-state index contributed by atoms with van der Waals surface area (Å²) in [5.41, 5.74) is 0.870. The highest BCUT2D eigenvalue weighted by atomic mass is 19.1. The average Bonchev–Trinajstić information content (AvgIpc) is 2.80. The van der Waals surface area contributed by atoms with Crippen LogP contribution in [0.2, 0.25) is 0 Å². The topological polar surface area (TPSA) is 90.7 Å². The van der Waals surface area contributed by atoms with Gasteiger partial charge in [-0.25, -0.2) is 14.4 Å². The number of nitrogens with zero attached hydrogens (tertiary/aromatic N) is 6. The van der Waals surface area contributed by atoms with Crippen LogP contribution in [0.4, 0.5) is 27.4 Å². The number of rotatable bonds is 7. The fraction of sp³-hybridized carbons (Fsp3) is 0.524. The molecular formula is C21H28FN7O2. The molecular weight excluding hydrogens is 401 g/mol. The summed E-state index contributed by atoms with van der Waals surface area (Å²) in [6, 6.07) is 6.39. The molecule has 2 saturated heterocycles. The minimum atomic E-state index is -0.398. The molecule has 0 atom stereocenters. The van der Waals surface area contributed by atoms with E-state index in [1.54, 1.807) is 12.1 Å². The molecule has 2 aliphatic heterocycles. The van der Waals surface area contributed by atoms with Gasteiger partial charge in [-0.1, -0.05) is 6.42 Å². The highest BCUT2D eigenvalue weighted by molar-refractivity contribution is 5.70. The van der Waals surface area contributed by atoms with Crippen molar-refractivity contribution in [2.75, 3.05) is 67.5 Å². The fourth-order valence-electron chi connectivity index (χ4n) is 4.24. The molecule has 1 aromatic carbocycles. The second-order valence-corrected chi connectivity index (χ2v) is 7.93. The van der Waals surface area contributed by atoms with Crippen molar-refractivity contribution in [3.63, 3.8) is 0 Å². The van der Waals surface area contributed by atoms with Crippen molar-refractivity contribution < 1.29 is 9.31 Å². The first-order valence-corrected chi connectivity index (χ1v) is 10.8. The van der Waals surface area contributed by atoms with E-state index in [2.05, 4.69) is 25.1 Å². The lowest BCUT2D eigenvalue weighted by molar-refractivity contribution is -0.383. The van der Waals surface area contributed by atoms with Gasteiger partial charge in [0.15, 0.2) is 0 Å². The molecule has 0 unspecified atom stereocenters. The molecule has 1 aromatic heterocycles. The van der Waals surface area contributed by atoms with Crippen LogP contribution < -0.4 is 15.1 Å². The maximum absolute atomic E-state index is 13.2. The van der Waals surface area contributed by atoms with Gasteiger partial charge in [0.25, 0.3) is 0 Å². The van der Waals surface area contributed by atoms with Crippen molar-refractivity contribution in [1.29, 1.82) is 0 Å². The van der Waals surface area contributed by atoms with Crippen molar-refractivity contribution in [2.24, 2.45) is 0 Å². The number of hydrogen-bond acceptors (Lipinski definition) is 8. The summed E-state index contributed by atoms with van der Waals surface area (Å²) in [7, 11) is 0. The summed E-state index contributed by atoms with van der Waals surface area (Å²) in [6.45, 7) is 6.12. The van der Waals surface area contributed by atoms with Gasteiger partial charge in [0.2, 0.25) is 11.6 Å². The number of piperazine rings is 1. The van der Waals surface area contributed by atoms with Crippen LogP contribution in [-0.2, 0) is 0 Å². The molecule has 9 nitrogen and oxygen atoms in total. The molecule has 10 heteroatoms. The summed E-state index contributed by atoms with van der Waals surface area (Å²) >= 11 is 0. The number of nitrogens with one attached hydrogen (secondary N) is 1. The van der Waals surface area contributed by atoms with E-state index in [4.69, 9.17) is 0 Å². The zero-order valence-corrected chi connectivity index (χ0v) is 17.5. The Morgan fingerprint density at radius 3 is 2.32 bits per heavy atom.